The Morgan fingerprint density at radius 3 is 2.26 bits per heavy atom. The number of nitrogens with zero attached hydrogens (tertiary/aromatic N) is 1. The SMILES string of the molecule is O=C(C[C@@H]1CC[C@H]2[C@@H](COC[C@H](O)CN2S(=O)(=O)c2ccccc2)O1)Nc1ccc(-c2ccccc2)cc1. The van der Waals surface area contributed by atoms with Gasteiger partial charge in [-0.1, -0.05) is 60.7 Å². The molecule has 4 atom stereocenters. The molecule has 2 aliphatic rings. The summed E-state index contributed by atoms with van der Waals surface area (Å²) in [7, 11) is -3.85. The number of benzene rings is 3. The molecule has 5 rings (SSSR count). The molecular weight excluding hydrogens is 504 g/mol. The van der Waals surface area contributed by atoms with Gasteiger partial charge in [-0.05, 0) is 48.2 Å². The molecule has 2 fully saturated rings. The Balaban J connectivity index is 1.23. The number of nitrogens with one attached hydrogen (secondary N) is 1. The van der Waals surface area contributed by atoms with Gasteiger partial charge in [0, 0.05) is 12.2 Å². The molecule has 2 heterocycles. The van der Waals surface area contributed by atoms with Crippen molar-refractivity contribution in [2.24, 2.45) is 0 Å². The molecule has 200 valence electrons. The van der Waals surface area contributed by atoms with Crippen molar-refractivity contribution in [3.63, 3.8) is 0 Å². The summed E-state index contributed by atoms with van der Waals surface area (Å²) in [4.78, 5) is 13.0. The molecule has 38 heavy (non-hydrogen) atoms. The zero-order valence-electron chi connectivity index (χ0n) is 21.0. The van der Waals surface area contributed by atoms with E-state index in [1.165, 1.54) is 4.31 Å². The summed E-state index contributed by atoms with van der Waals surface area (Å²) in [5.74, 6) is -0.170. The lowest BCUT2D eigenvalue weighted by Gasteiger charge is -2.43. The number of amides is 1. The highest BCUT2D eigenvalue weighted by molar-refractivity contribution is 7.89. The maximum Gasteiger partial charge on any atom is 0.243 e. The lowest BCUT2D eigenvalue weighted by molar-refractivity contribution is -0.144. The van der Waals surface area contributed by atoms with Crippen LogP contribution in [0.15, 0.2) is 89.8 Å². The molecule has 1 amide bonds. The summed E-state index contributed by atoms with van der Waals surface area (Å²) in [6.07, 6.45) is -0.690. The third-order valence-electron chi connectivity index (χ3n) is 6.97. The Morgan fingerprint density at radius 2 is 1.55 bits per heavy atom. The first-order valence-electron chi connectivity index (χ1n) is 12.8. The third kappa shape index (κ3) is 6.14. The average Bonchev–Trinajstić information content (AvgIpc) is 2.92. The summed E-state index contributed by atoms with van der Waals surface area (Å²) < 4.78 is 40.2. The van der Waals surface area contributed by atoms with Crippen LogP contribution >= 0.6 is 0 Å². The van der Waals surface area contributed by atoms with Crippen LogP contribution in [0.1, 0.15) is 19.3 Å². The quantitative estimate of drug-likeness (QED) is 0.498. The highest BCUT2D eigenvalue weighted by atomic mass is 32.2. The fourth-order valence-electron chi connectivity index (χ4n) is 5.09. The van der Waals surface area contributed by atoms with Crippen LogP contribution in [0.2, 0.25) is 0 Å². The number of carbonyl (C=O) groups is 1. The van der Waals surface area contributed by atoms with E-state index >= 15 is 0 Å². The second-order valence-corrected chi connectivity index (χ2v) is 11.6. The molecule has 0 unspecified atom stereocenters. The second-order valence-electron chi connectivity index (χ2n) is 9.72. The van der Waals surface area contributed by atoms with E-state index in [1.807, 2.05) is 54.6 Å². The van der Waals surface area contributed by atoms with Gasteiger partial charge in [0.05, 0.1) is 48.9 Å². The standard InChI is InChI=1S/C29H32N2O6S/c32-24-18-31(38(34,35)26-9-5-2-6-10-26)27-16-15-25(37-28(27)20-36-19-24)17-29(33)30-23-13-11-22(12-14-23)21-7-3-1-4-8-21/h1-14,24-25,27-28,32H,15-20H2,(H,30,33)/t24-,25+,27+,28-/m1/s1. The molecule has 0 bridgehead atoms. The van der Waals surface area contributed by atoms with Crippen LogP contribution in [-0.4, -0.2) is 67.8 Å². The predicted octanol–water partition coefficient (Wildman–Crippen LogP) is 3.68. The molecule has 3 aromatic carbocycles. The smallest absolute Gasteiger partial charge is 0.243 e. The average molecular weight is 537 g/mol. The summed E-state index contributed by atoms with van der Waals surface area (Å²) in [5.41, 5.74) is 2.87. The van der Waals surface area contributed by atoms with Crippen molar-refractivity contribution in [2.75, 3.05) is 25.1 Å². The van der Waals surface area contributed by atoms with Gasteiger partial charge < -0.3 is 19.9 Å². The molecule has 8 nitrogen and oxygen atoms in total. The number of ether oxygens (including phenoxy) is 2. The molecule has 0 spiro atoms. The van der Waals surface area contributed by atoms with Gasteiger partial charge in [0.1, 0.15) is 0 Å². The van der Waals surface area contributed by atoms with Gasteiger partial charge >= 0.3 is 0 Å². The van der Waals surface area contributed by atoms with Gasteiger partial charge in [-0.2, -0.15) is 4.31 Å². The number of fused-ring (bicyclic) bond motifs is 1. The second kappa shape index (κ2) is 11.8. The van der Waals surface area contributed by atoms with Gasteiger partial charge in [0.15, 0.2) is 0 Å². The van der Waals surface area contributed by atoms with Crippen molar-refractivity contribution < 1.29 is 27.8 Å². The highest BCUT2D eigenvalue weighted by Crippen LogP contribution is 2.31. The molecule has 0 aromatic heterocycles. The molecule has 2 aliphatic heterocycles. The third-order valence-corrected chi connectivity index (χ3v) is 8.88. The van der Waals surface area contributed by atoms with Crippen molar-refractivity contribution in [2.45, 2.75) is 48.5 Å². The van der Waals surface area contributed by atoms with Crippen LogP contribution in [0, 0.1) is 0 Å². The summed E-state index contributed by atoms with van der Waals surface area (Å²) >= 11 is 0. The van der Waals surface area contributed by atoms with Crippen LogP contribution in [0.5, 0.6) is 0 Å². The van der Waals surface area contributed by atoms with Crippen LogP contribution in [0.3, 0.4) is 0 Å². The van der Waals surface area contributed by atoms with Crippen molar-refractivity contribution in [3.05, 3.63) is 84.9 Å². The van der Waals surface area contributed by atoms with E-state index in [4.69, 9.17) is 9.47 Å². The number of anilines is 1. The minimum Gasteiger partial charge on any atom is -0.389 e. The lowest BCUT2D eigenvalue weighted by atomic mass is 9.96. The van der Waals surface area contributed by atoms with Crippen LogP contribution in [0.4, 0.5) is 5.69 Å². The molecule has 0 radical (unpaired) electrons. The van der Waals surface area contributed by atoms with Gasteiger partial charge in [0.2, 0.25) is 15.9 Å². The van der Waals surface area contributed by atoms with E-state index in [1.54, 1.807) is 30.3 Å². The monoisotopic (exact) mass is 536 g/mol. The summed E-state index contributed by atoms with van der Waals surface area (Å²) in [6.45, 7) is 0.0744. The number of aliphatic hydroxyl groups excluding tert-OH is 1. The van der Waals surface area contributed by atoms with Crippen molar-refractivity contribution in [3.8, 4) is 11.1 Å². The Kier molecular flexibility index (Phi) is 8.21. The first-order valence-corrected chi connectivity index (χ1v) is 14.3. The van der Waals surface area contributed by atoms with E-state index in [-0.39, 0.29) is 43.1 Å². The fourth-order valence-corrected chi connectivity index (χ4v) is 6.83. The van der Waals surface area contributed by atoms with Gasteiger partial charge in [0.25, 0.3) is 0 Å². The molecule has 2 N–H and O–H groups in total. The first kappa shape index (κ1) is 26.5. The van der Waals surface area contributed by atoms with Gasteiger partial charge in [-0.3, -0.25) is 4.79 Å². The summed E-state index contributed by atoms with van der Waals surface area (Å²) in [5, 5.41) is 13.3. The number of carbonyl (C=O) groups excluding carboxylic acids is 1. The Hall–Kier alpha value is -3.08. The van der Waals surface area contributed by atoms with Crippen LogP contribution in [0.25, 0.3) is 11.1 Å². The lowest BCUT2D eigenvalue weighted by Crippen LogP contribution is -2.57. The summed E-state index contributed by atoms with van der Waals surface area (Å²) in [6, 6.07) is 25.4. The molecule has 9 heteroatoms. The number of hydrogen-bond acceptors (Lipinski definition) is 6. The topological polar surface area (TPSA) is 105 Å². The Bertz CT molecular complexity index is 1320. The van der Waals surface area contributed by atoms with Crippen LogP contribution < -0.4 is 5.32 Å². The van der Waals surface area contributed by atoms with Crippen molar-refractivity contribution in [1.29, 1.82) is 0 Å². The normalized spacial score (nSPS) is 24.6. The van der Waals surface area contributed by atoms with E-state index in [2.05, 4.69) is 5.32 Å². The fraction of sp³-hybridized carbons (Fsp3) is 0.345. The number of β-amino-alcohol motifs (C(OH)–C–C–N with tert-alkyl or cyclic N) is 1. The number of sulfonamides is 1. The molecule has 2 saturated heterocycles. The van der Waals surface area contributed by atoms with Gasteiger partial charge in [-0.15, -0.1) is 0 Å². The maximum atomic E-state index is 13.5. The Morgan fingerprint density at radius 1 is 0.895 bits per heavy atom. The number of hydrogen-bond donors (Lipinski definition) is 2. The molecule has 3 aromatic rings. The van der Waals surface area contributed by atoms with E-state index in [9.17, 15) is 18.3 Å². The first-order chi connectivity index (χ1) is 18.4. The maximum absolute atomic E-state index is 13.5. The minimum absolute atomic E-state index is 0.0114. The number of aliphatic hydroxyl groups is 1. The van der Waals surface area contributed by atoms with Crippen molar-refractivity contribution >= 4 is 21.6 Å². The Labute approximate surface area is 223 Å². The van der Waals surface area contributed by atoms with Crippen LogP contribution in [-0.2, 0) is 24.3 Å². The highest BCUT2D eigenvalue weighted by Gasteiger charge is 2.43. The van der Waals surface area contributed by atoms with E-state index in [0.29, 0.717) is 18.5 Å². The largest absolute Gasteiger partial charge is 0.389 e. The van der Waals surface area contributed by atoms with E-state index < -0.39 is 28.3 Å². The minimum atomic E-state index is -3.85. The van der Waals surface area contributed by atoms with E-state index in [0.717, 1.165) is 11.1 Å². The molecule has 0 saturated carbocycles. The predicted molar refractivity (Wildman–Crippen MR) is 144 cm³/mol. The zero-order valence-corrected chi connectivity index (χ0v) is 21.8. The zero-order chi connectivity index (χ0) is 26.5. The number of rotatable bonds is 6. The van der Waals surface area contributed by atoms with Crippen molar-refractivity contribution in [1.82, 2.24) is 4.31 Å². The molecular formula is C29H32N2O6S. The molecule has 0 aliphatic carbocycles. The van der Waals surface area contributed by atoms with Gasteiger partial charge in [-0.25, -0.2) is 8.42 Å².